The van der Waals surface area contributed by atoms with Crippen LogP contribution < -0.4 is 0 Å². The van der Waals surface area contributed by atoms with Crippen molar-refractivity contribution in [3.05, 3.63) is 145 Å². The van der Waals surface area contributed by atoms with E-state index in [1.807, 2.05) is 97.9 Å². The maximum absolute atomic E-state index is 13.2. The van der Waals surface area contributed by atoms with Crippen LogP contribution in [0.4, 0.5) is 0 Å². The molecule has 221 valence electrons. The third-order valence-electron chi connectivity index (χ3n) is 7.21. The van der Waals surface area contributed by atoms with E-state index >= 15 is 0 Å². The average molecular weight is 640 g/mol. The van der Waals surface area contributed by atoms with Gasteiger partial charge in [0.05, 0.1) is 0 Å². The van der Waals surface area contributed by atoms with Crippen LogP contribution >= 0.6 is 11.8 Å². The summed E-state index contributed by atoms with van der Waals surface area (Å²) in [6.07, 6.45) is 3.51. The number of benzene rings is 4. The number of hydrogen-bond acceptors (Lipinski definition) is 6. The van der Waals surface area contributed by atoms with Crippen LogP contribution in [0, 0.1) is 0 Å². The first kappa shape index (κ1) is 31.5. The summed E-state index contributed by atoms with van der Waals surface area (Å²) in [5, 5.41) is -0.302. The van der Waals surface area contributed by atoms with E-state index in [1.165, 1.54) is 11.8 Å². The van der Waals surface area contributed by atoms with E-state index < -0.39 is 18.0 Å². The quantitative estimate of drug-likeness (QED) is 0.122. The summed E-state index contributed by atoms with van der Waals surface area (Å²) in [6, 6.07) is 34.7. The van der Waals surface area contributed by atoms with Crippen molar-refractivity contribution in [2.45, 2.75) is 30.1 Å². The van der Waals surface area contributed by atoms with Gasteiger partial charge in [0.1, 0.15) is 0 Å². The number of ether oxygens (including phenoxy) is 3. The average Bonchev–Trinajstić information content (AvgIpc) is 3.44. The van der Waals surface area contributed by atoms with Gasteiger partial charge in [-0.05, 0) is 5.56 Å². The maximum atomic E-state index is 13.2. The summed E-state index contributed by atoms with van der Waals surface area (Å²) in [7, 11) is 0. The molecule has 1 aliphatic rings. The number of hydrogen-bond donors (Lipinski definition) is 0. The van der Waals surface area contributed by atoms with Crippen LogP contribution in [0.3, 0.4) is 0 Å². The molecule has 4 aromatic carbocycles. The van der Waals surface area contributed by atoms with Crippen molar-refractivity contribution in [1.29, 1.82) is 0 Å². The third kappa shape index (κ3) is 8.16. The first-order valence-electron chi connectivity index (χ1n) is 14.3. The van der Waals surface area contributed by atoms with Gasteiger partial charge in [-0.25, -0.2) is 0 Å². The van der Waals surface area contributed by atoms with E-state index in [4.69, 9.17) is 14.2 Å². The van der Waals surface area contributed by atoms with Crippen LogP contribution in [0.5, 0.6) is 0 Å². The zero-order chi connectivity index (χ0) is 30.9. The molecule has 0 N–H and O–H groups in total. The molecule has 1 unspecified atom stereocenters. The third-order valence-corrected chi connectivity index (χ3v) is 9.30. The predicted octanol–water partition coefficient (Wildman–Crippen LogP) is 8.06. The van der Waals surface area contributed by atoms with Gasteiger partial charge in [0.15, 0.2) is 0 Å². The van der Waals surface area contributed by atoms with Gasteiger partial charge in [0.25, 0.3) is 0 Å². The Morgan fingerprint density at radius 2 is 1.27 bits per heavy atom. The molecule has 0 amide bonds. The normalized spacial score (nSPS) is 17.9. The molecule has 44 heavy (non-hydrogen) atoms. The van der Waals surface area contributed by atoms with Gasteiger partial charge in [-0.15, -0.1) is 0 Å². The molecule has 0 aromatic heterocycles. The van der Waals surface area contributed by atoms with Crippen molar-refractivity contribution >= 4 is 28.1 Å². The van der Waals surface area contributed by atoms with Crippen molar-refractivity contribution in [2.24, 2.45) is 0 Å². The molecule has 0 bridgehead atoms. The van der Waals surface area contributed by atoms with Crippen LogP contribution in [0.1, 0.15) is 34.1 Å². The molecule has 5 rings (SSSR count). The van der Waals surface area contributed by atoms with Crippen molar-refractivity contribution in [3.8, 4) is 22.3 Å². The molecule has 0 radical (unpaired) electrons. The summed E-state index contributed by atoms with van der Waals surface area (Å²) in [5.41, 5.74) is 5.74. The van der Waals surface area contributed by atoms with Gasteiger partial charge < -0.3 is 0 Å². The molecule has 4 aromatic rings. The molecule has 1 fully saturated rings. The Morgan fingerprint density at radius 3 is 1.80 bits per heavy atom. The number of carbonyl (C=O) groups is 2. The van der Waals surface area contributed by atoms with Gasteiger partial charge in [-0.2, -0.15) is 0 Å². The fraction of sp³-hybridized carbons (Fsp3) is 0.162. The molecule has 1 aliphatic heterocycles. The topological polar surface area (TPSA) is 61.8 Å². The van der Waals surface area contributed by atoms with Crippen LogP contribution in [0.2, 0.25) is 0 Å². The zero-order valence-electron chi connectivity index (χ0n) is 24.3. The molecule has 0 spiro atoms. The van der Waals surface area contributed by atoms with E-state index in [-0.39, 0.29) is 17.3 Å². The minimum absolute atomic E-state index is 0.0735. The van der Waals surface area contributed by atoms with Gasteiger partial charge in [0.2, 0.25) is 0 Å². The van der Waals surface area contributed by atoms with Crippen molar-refractivity contribution < 1.29 is 40.8 Å². The molecule has 0 aliphatic carbocycles. The van der Waals surface area contributed by atoms with E-state index in [1.54, 1.807) is 30.3 Å². The minimum atomic E-state index is -0.511. The molecular formula is C37H32O5SV. The van der Waals surface area contributed by atoms with Crippen molar-refractivity contribution in [3.63, 3.8) is 0 Å². The summed E-state index contributed by atoms with van der Waals surface area (Å²) >= 11 is 3.93. The predicted molar refractivity (Wildman–Crippen MR) is 173 cm³/mol. The first-order chi connectivity index (χ1) is 21.4. The Hall–Kier alpha value is -3.94. The second-order valence-electron chi connectivity index (χ2n) is 10.3. The van der Waals surface area contributed by atoms with Crippen LogP contribution in [-0.2, 0) is 31.2 Å². The number of esters is 2. The van der Waals surface area contributed by atoms with E-state index in [0.717, 1.165) is 27.8 Å². The van der Waals surface area contributed by atoms with Gasteiger partial charge >= 0.3 is 206 Å². The zero-order valence-corrected chi connectivity index (χ0v) is 26.5. The molecule has 5 nitrogen and oxygen atoms in total. The van der Waals surface area contributed by atoms with Crippen LogP contribution in [0.25, 0.3) is 22.3 Å². The SMILES string of the molecule is C=C/C=C(\C)[C](=[V])OC1C[C@@H](OC(=O)c2ccc(-c3ccccc3)cc2)[C@H](COC(=O)c2ccc(-c3ccccc3)cc2)S1. The second kappa shape index (κ2) is 15.2. The number of carbonyl (C=O) groups excluding carboxylic acids is 2. The van der Waals surface area contributed by atoms with Gasteiger partial charge in [0, 0.05) is 0 Å². The summed E-state index contributed by atoms with van der Waals surface area (Å²) < 4.78 is 18.6. The molecule has 1 heterocycles. The Morgan fingerprint density at radius 1 is 0.773 bits per heavy atom. The Bertz CT molecular complexity index is 1630. The van der Waals surface area contributed by atoms with Crippen LogP contribution in [0.15, 0.2) is 133 Å². The molecule has 3 atom stereocenters. The standard InChI is InChI=1S/C37H32O5S.V/c1-3-10-26(2)24-40-35-23-33(42-37(39)32-21-17-30(18-22-32)28-13-8-5-9-14-28)34(43-35)25-41-36(38)31-19-15-29(16-20-31)27-11-6-4-7-12-27;/h3-22,33-35H,1,23,25H2,2H3;/b26-10+;/t33-,34+,35?;/m1./s1. The summed E-state index contributed by atoms with van der Waals surface area (Å²) in [5.74, 6) is -0.858. The Kier molecular flexibility index (Phi) is 10.9. The molecule has 0 saturated carbocycles. The fourth-order valence-electron chi connectivity index (χ4n) is 4.80. The number of rotatable bonds is 11. The first-order valence-corrected chi connectivity index (χ1v) is 15.9. The number of allylic oxidation sites excluding steroid dienone is 2. The Labute approximate surface area is 271 Å². The van der Waals surface area contributed by atoms with E-state index in [0.29, 0.717) is 22.0 Å². The molecule has 1 saturated heterocycles. The van der Waals surface area contributed by atoms with E-state index in [2.05, 4.69) is 23.6 Å². The fourth-order valence-corrected chi connectivity index (χ4v) is 6.56. The molecular weight excluding hydrogens is 607 g/mol. The van der Waals surface area contributed by atoms with E-state index in [9.17, 15) is 9.59 Å². The van der Waals surface area contributed by atoms with Gasteiger partial charge in [-0.3, -0.25) is 0 Å². The second-order valence-corrected chi connectivity index (χ2v) is 12.3. The summed E-state index contributed by atoms with van der Waals surface area (Å²) in [6.45, 7) is 5.76. The monoisotopic (exact) mass is 639 g/mol. The van der Waals surface area contributed by atoms with Gasteiger partial charge in [-0.1, -0.05) is 60.7 Å². The van der Waals surface area contributed by atoms with Crippen molar-refractivity contribution in [1.82, 2.24) is 0 Å². The van der Waals surface area contributed by atoms with Crippen molar-refractivity contribution in [2.75, 3.05) is 6.61 Å². The molecule has 7 heteroatoms. The Balaban J connectivity index is 1.25. The summed E-state index contributed by atoms with van der Waals surface area (Å²) in [4.78, 5) is 26.2. The number of thioether (sulfide) groups is 1. The van der Waals surface area contributed by atoms with Crippen LogP contribution in [-0.4, -0.2) is 39.7 Å².